The van der Waals surface area contributed by atoms with Gasteiger partial charge in [-0.1, -0.05) is 12.1 Å². The fraction of sp³-hybridized carbons (Fsp3) is 0.368. The van der Waals surface area contributed by atoms with Gasteiger partial charge in [0.1, 0.15) is 12.6 Å². The molecule has 0 radical (unpaired) electrons. The van der Waals surface area contributed by atoms with E-state index in [1.54, 1.807) is 35.8 Å². The Morgan fingerprint density at radius 2 is 2.00 bits per heavy atom. The third-order valence-corrected chi connectivity index (χ3v) is 4.38. The number of benzene rings is 1. The van der Waals surface area contributed by atoms with Gasteiger partial charge in [-0.05, 0) is 24.6 Å². The lowest BCUT2D eigenvalue weighted by Crippen LogP contribution is -2.22. The Hall–Kier alpha value is -2.92. The van der Waals surface area contributed by atoms with Gasteiger partial charge in [-0.15, -0.1) is 0 Å². The highest BCUT2D eigenvalue weighted by molar-refractivity contribution is 6.06. The third kappa shape index (κ3) is 4.74. The van der Waals surface area contributed by atoms with Crippen LogP contribution in [0.1, 0.15) is 35.5 Å². The topological polar surface area (TPSA) is 148 Å². The first-order chi connectivity index (χ1) is 14.1. The second-order valence-corrected chi connectivity index (χ2v) is 6.50. The minimum Gasteiger partial charge on any atom is -0.396 e. The number of aliphatic hydroxyl groups is 2. The van der Waals surface area contributed by atoms with E-state index in [0.717, 1.165) is 5.56 Å². The molecule has 0 bridgehead atoms. The molecule has 0 aliphatic carbocycles. The van der Waals surface area contributed by atoms with Gasteiger partial charge in [-0.25, -0.2) is 15.0 Å². The fourth-order valence-electron chi connectivity index (χ4n) is 2.82. The predicted octanol–water partition coefficient (Wildman–Crippen LogP) is 0.816. The molecule has 2 heterocycles. The van der Waals surface area contributed by atoms with Gasteiger partial charge in [-0.2, -0.15) is 0 Å². The molecule has 154 valence electrons. The van der Waals surface area contributed by atoms with Crippen molar-refractivity contribution >= 4 is 22.9 Å². The zero-order chi connectivity index (χ0) is 20.8. The van der Waals surface area contributed by atoms with Crippen molar-refractivity contribution in [3.05, 3.63) is 48.0 Å². The Morgan fingerprint density at radius 1 is 1.24 bits per heavy atom. The Balaban J connectivity index is 1.87. The van der Waals surface area contributed by atoms with Gasteiger partial charge in [0, 0.05) is 25.1 Å². The van der Waals surface area contributed by atoms with Crippen molar-refractivity contribution in [2.75, 3.05) is 18.5 Å². The molecule has 1 aromatic carbocycles. The second-order valence-electron chi connectivity index (χ2n) is 6.50. The molecule has 0 saturated heterocycles. The van der Waals surface area contributed by atoms with Gasteiger partial charge in [0.2, 0.25) is 0 Å². The zero-order valence-corrected chi connectivity index (χ0v) is 16.0. The first-order valence-electron chi connectivity index (χ1n) is 9.22. The first-order valence-corrected chi connectivity index (χ1v) is 9.22. The number of rotatable bonds is 9. The highest BCUT2D eigenvalue weighted by atomic mass is 16.5. The lowest BCUT2D eigenvalue weighted by Gasteiger charge is -2.22. The summed E-state index contributed by atoms with van der Waals surface area (Å²) in [5, 5.41) is 21.4. The average Bonchev–Trinajstić information content (AvgIpc) is 3.18. The van der Waals surface area contributed by atoms with Crippen LogP contribution in [-0.4, -0.2) is 55.0 Å². The lowest BCUT2D eigenvalue weighted by molar-refractivity contribution is -0.0734. The summed E-state index contributed by atoms with van der Waals surface area (Å²) in [7, 11) is 0. The summed E-state index contributed by atoms with van der Waals surface area (Å²) in [6, 6.07) is 6.96. The Kier molecular flexibility index (Phi) is 6.83. The first kappa shape index (κ1) is 20.8. The van der Waals surface area contributed by atoms with E-state index in [4.69, 9.17) is 10.5 Å². The van der Waals surface area contributed by atoms with E-state index in [9.17, 15) is 15.0 Å². The average molecular weight is 400 g/mol. The summed E-state index contributed by atoms with van der Waals surface area (Å²) in [6.07, 6.45) is 2.11. The van der Waals surface area contributed by atoms with E-state index in [1.807, 2.05) is 0 Å². The van der Waals surface area contributed by atoms with Crippen LogP contribution < -0.4 is 11.1 Å². The summed E-state index contributed by atoms with van der Waals surface area (Å²) in [5.74, 6) is -0.0696. The number of carbonyl (C=O) groups excluding carboxylic acids is 1. The van der Waals surface area contributed by atoms with Crippen LogP contribution >= 0.6 is 0 Å². The number of hydrogen-bond acceptors (Lipinski definition) is 8. The van der Waals surface area contributed by atoms with Crippen molar-refractivity contribution in [3.63, 3.8) is 0 Å². The van der Waals surface area contributed by atoms with E-state index in [-0.39, 0.29) is 31.4 Å². The molecule has 5 N–H and O–H groups in total. The number of nitrogens with zero attached hydrogens (tertiary/aromatic N) is 4. The maximum absolute atomic E-state index is 12.6. The summed E-state index contributed by atoms with van der Waals surface area (Å²) in [6.45, 7) is 1.85. The monoisotopic (exact) mass is 400 g/mol. The molecule has 0 fully saturated rings. The quantitative estimate of drug-likeness (QED) is 0.412. The molecule has 1 unspecified atom stereocenters. The van der Waals surface area contributed by atoms with E-state index < -0.39 is 12.3 Å². The van der Waals surface area contributed by atoms with Crippen LogP contribution in [0.15, 0.2) is 36.9 Å². The molecule has 29 heavy (non-hydrogen) atoms. The highest BCUT2D eigenvalue weighted by Gasteiger charge is 2.20. The molecule has 0 spiro atoms. The number of aromatic nitrogens is 4. The van der Waals surface area contributed by atoms with Crippen LogP contribution in [0.25, 0.3) is 11.2 Å². The van der Waals surface area contributed by atoms with Crippen molar-refractivity contribution in [2.45, 2.75) is 32.2 Å². The van der Waals surface area contributed by atoms with E-state index in [0.29, 0.717) is 23.3 Å². The minimum absolute atomic E-state index is 0.115. The number of ether oxygens (including phenoxy) is 1. The summed E-state index contributed by atoms with van der Waals surface area (Å²) < 4.78 is 7.40. The maximum Gasteiger partial charge on any atom is 0.256 e. The summed E-state index contributed by atoms with van der Waals surface area (Å²) in [5.41, 5.74) is 7.81. The van der Waals surface area contributed by atoms with Crippen LogP contribution in [0.5, 0.6) is 0 Å². The Morgan fingerprint density at radius 3 is 2.66 bits per heavy atom. The van der Waals surface area contributed by atoms with E-state index in [1.165, 1.54) is 12.7 Å². The van der Waals surface area contributed by atoms with Gasteiger partial charge in [0.25, 0.3) is 5.91 Å². The SMILES string of the molecule is CC(CO)O[C@H](CCO)n1cnc2c(NC(=O)c3ccc(CN)cc3)ncnc21. The Bertz CT molecular complexity index is 959. The fourth-order valence-corrected chi connectivity index (χ4v) is 2.82. The number of hydrogen-bond donors (Lipinski definition) is 4. The molecule has 3 aromatic rings. The summed E-state index contributed by atoms with van der Waals surface area (Å²) in [4.78, 5) is 25.2. The van der Waals surface area contributed by atoms with Crippen molar-refractivity contribution < 1.29 is 19.7 Å². The number of aliphatic hydroxyl groups excluding tert-OH is 2. The van der Waals surface area contributed by atoms with Gasteiger partial charge in [0.15, 0.2) is 17.0 Å². The normalized spacial score (nSPS) is 13.4. The van der Waals surface area contributed by atoms with Gasteiger partial charge in [0.05, 0.1) is 19.0 Å². The van der Waals surface area contributed by atoms with Crippen LogP contribution in [0.3, 0.4) is 0 Å². The standard InChI is InChI=1S/C19H24N6O4/c1-12(9-27)29-15(6-7-26)25-11-23-16-17(21-10-22-18(16)25)24-19(28)14-4-2-13(8-20)3-5-14/h2-5,10-12,15,26-27H,6-9,20H2,1H3,(H,21,22,24,28)/t12?,15-/m1/s1. The lowest BCUT2D eigenvalue weighted by atomic mass is 10.1. The van der Waals surface area contributed by atoms with Crippen LogP contribution in [0, 0.1) is 0 Å². The second kappa shape index (κ2) is 9.52. The number of nitrogens with two attached hydrogens (primary N) is 1. The molecule has 0 aliphatic rings. The zero-order valence-electron chi connectivity index (χ0n) is 16.0. The predicted molar refractivity (Wildman–Crippen MR) is 106 cm³/mol. The number of imidazole rings is 1. The minimum atomic E-state index is -0.575. The number of carbonyl (C=O) groups is 1. The van der Waals surface area contributed by atoms with Crippen molar-refractivity contribution in [1.29, 1.82) is 0 Å². The van der Waals surface area contributed by atoms with Crippen molar-refractivity contribution in [2.24, 2.45) is 5.73 Å². The maximum atomic E-state index is 12.6. The van der Waals surface area contributed by atoms with Gasteiger partial charge < -0.3 is 26.0 Å². The number of nitrogens with one attached hydrogen (secondary N) is 1. The van der Waals surface area contributed by atoms with Crippen molar-refractivity contribution in [1.82, 2.24) is 19.5 Å². The van der Waals surface area contributed by atoms with Crippen LogP contribution in [-0.2, 0) is 11.3 Å². The molecule has 0 saturated carbocycles. The molecule has 10 heteroatoms. The molecule has 2 atom stereocenters. The van der Waals surface area contributed by atoms with Crippen molar-refractivity contribution in [3.8, 4) is 0 Å². The van der Waals surface area contributed by atoms with Crippen LogP contribution in [0.2, 0.25) is 0 Å². The van der Waals surface area contributed by atoms with Gasteiger partial charge in [-0.3, -0.25) is 9.36 Å². The van der Waals surface area contributed by atoms with E-state index in [2.05, 4.69) is 20.3 Å². The third-order valence-electron chi connectivity index (χ3n) is 4.38. The number of anilines is 1. The van der Waals surface area contributed by atoms with E-state index >= 15 is 0 Å². The highest BCUT2D eigenvalue weighted by Crippen LogP contribution is 2.24. The molecule has 3 rings (SSSR count). The number of fused-ring (bicyclic) bond motifs is 1. The van der Waals surface area contributed by atoms with Crippen LogP contribution in [0.4, 0.5) is 5.82 Å². The molecule has 2 aromatic heterocycles. The summed E-state index contributed by atoms with van der Waals surface area (Å²) >= 11 is 0. The number of amides is 1. The molecule has 1 amide bonds. The molecule has 10 nitrogen and oxygen atoms in total. The van der Waals surface area contributed by atoms with Gasteiger partial charge >= 0.3 is 0 Å². The largest absolute Gasteiger partial charge is 0.396 e. The smallest absolute Gasteiger partial charge is 0.256 e. The Labute approximate surface area is 167 Å². The molecule has 0 aliphatic heterocycles. The molecular weight excluding hydrogens is 376 g/mol. The molecular formula is C19H24N6O4.